The molecule has 0 bridgehead atoms. The standard InChI is InChI=1S/C16H21NO/c1-3-6-12-7-5-8-13(11-12)16(17)15-10-9-14(4-2)18-15/h5,7-11,16H,3-4,6,17H2,1-2H3. The van der Waals surface area contributed by atoms with Crippen LogP contribution >= 0.6 is 0 Å². The minimum Gasteiger partial charge on any atom is -0.464 e. The molecule has 2 aromatic rings. The molecular weight excluding hydrogens is 222 g/mol. The van der Waals surface area contributed by atoms with E-state index in [9.17, 15) is 0 Å². The smallest absolute Gasteiger partial charge is 0.125 e. The predicted molar refractivity (Wildman–Crippen MR) is 74.6 cm³/mol. The topological polar surface area (TPSA) is 39.2 Å². The van der Waals surface area contributed by atoms with Crippen LogP contribution in [0.5, 0.6) is 0 Å². The molecular formula is C16H21NO. The molecule has 1 atom stereocenters. The quantitative estimate of drug-likeness (QED) is 0.866. The maximum absolute atomic E-state index is 6.26. The summed E-state index contributed by atoms with van der Waals surface area (Å²) in [4.78, 5) is 0. The molecule has 2 heteroatoms. The highest BCUT2D eigenvalue weighted by Crippen LogP contribution is 2.23. The fraction of sp³-hybridized carbons (Fsp3) is 0.375. The van der Waals surface area contributed by atoms with Gasteiger partial charge in [0.2, 0.25) is 0 Å². The third-order valence-electron chi connectivity index (χ3n) is 3.19. The van der Waals surface area contributed by atoms with E-state index < -0.39 is 0 Å². The summed E-state index contributed by atoms with van der Waals surface area (Å²) >= 11 is 0. The summed E-state index contributed by atoms with van der Waals surface area (Å²) in [6.07, 6.45) is 3.15. The molecule has 2 N–H and O–H groups in total. The van der Waals surface area contributed by atoms with Crippen molar-refractivity contribution in [2.75, 3.05) is 0 Å². The predicted octanol–water partition coefficient (Wildman–Crippen LogP) is 3.84. The molecule has 0 saturated carbocycles. The number of hydrogen-bond acceptors (Lipinski definition) is 2. The first-order chi connectivity index (χ1) is 8.74. The van der Waals surface area contributed by atoms with E-state index in [0.717, 1.165) is 36.3 Å². The maximum atomic E-state index is 6.26. The lowest BCUT2D eigenvalue weighted by Crippen LogP contribution is -2.11. The Balaban J connectivity index is 2.21. The highest BCUT2D eigenvalue weighted by molar-refractivity contribution is 5.31. The summed E-state index contributed by atoms with van der Waals surface area (Å²) in [7, 11) is 0. The Hall–Kier alpha value is -1.54. The van der Waals surface area contributed by atoms with Crippen molar-refractivity contribution < 1.29 is 4.42 Å². The SMILES string of the molecule is CCCc1cccc(C(N)c2ccc(CC)o2)c1. The summed E-state index contributed by atoms with van der Waals surface area (Å²) in [6.45, 7) is 4.27. The third-order valence-corrected chi connectivity index (χ3v) is 3.19. The molecule has 18 heavy (non-hydrogen) atoms. The molecule has 0 aliphatic heterocycles. The van der Waals surface area contributed by atoms with E-state index in [0.29, 0.717) is 0 Å². The molecule has 0 fully saturated rings. The highest BCUT2D eigenvalue weighted by Gasteiger charge is 2.13. The molecule has 2 rings (SSSR count). The molecule has 0 aliphatic rings. The average Bonchev–Trinajstić information content (AvgIpc) is 2.87. The van der Waals surface area contributed by atoms with Gasteiger partial charge in [0.15, 0.2) is 0 Å². The molecule has 0 aliphatic carbocycles. The lowest BCUT2D eigenvalue weighted by Gasteiger charge is -2.11. The second kappa shape index (κ2) is 5.87. The van der Waals surface area contributed by atoms with Crippen molar-refractivity contribution in [1.29, 1.82) is 0 Å². The molecule has 0 saturated heterocycles. The van der Waals surface area contributed by atoms with Gasteiger partial charge in [0.25, 0.3) is 0 Å². The zero-order valence-corrected chi connectivity index (χ0v) is 11.1. The van der Waals surface area contributed by atoms with Gasteiger partial charge in [0, 0.05) is 6.42 Å². The summed E-state index contributed by atoms with van der Waals surface area (Å²) in [6, 6.07) is 12.3. The van der Waals surface area contributed by atoms with E-state index in [-0.39, 0.29) is 6.04 Å². The van der Waals surface area contributed by atoms with Crippen molar-refractivity contribution >= 4 is 0 Å². The van der Waals surface area contributed by atoms with E-state index in [1.165, 1.54) is 5.56 Å². The number of nitrogens with two attached hydrogens (primary N) is 1. The summed E-state index contributed by atoms with van der Waals surface area (Å²) in [5.74, 6) is 1.84. The lowest BCUT2D eigenvalue weighted by molar-refractivity contribution is 0.454. The highest BCUT2D eigenvalue weighted by atomic mass is 16.3. The fourth-order valence-corrected chi connectivity index (χ4v) is 2.15. The number of rotatable bonds is 5. The van der Waals surface area contributed by atoms with Crippen molar-refractivity contribution in [3.8, 4) is 0 Å². The van der Waals surface area contributed by atoms with Gasteiger partial charge in [-0.05, 0) is 29.7 Å². The van der Waals surface area contributed by atoms with Crippen LogP contribution in [0.25, 0.3) is 0 Å². The van der Waals surface area contributed by atoms with Crippen LogP contribution in [0.15, 0.2) is 40.8 Å². The van der Waals surface area contributed by atoms with E-state index in [4.69, 9.17) is 10.2 Å². The fourth-order valence-electron chi connectivity index (χ4n) is 2.15. The van der Waals surface area contributed by atoms with Gasteiger partial charge in [-0.25, -0.2) is 0 Å². The Bertz CT molecular complexity index is 501. The zero-order chi connectivity index (χ0) is 13.0. The van der Waals surface area contributed by atoms with Crippen molar-refractivity contribution in [3.63, 3.8) is 0 Å². The normalized spacial score (nSPS) is 12.6. The van der Waals surface area contributed by atoms with Crippen LogP contribution in [0.4, 0.5) is 0 Å². The first-order valence-corrected chi connectivity index (χ1v) is 6.67. The summed E-state index contributed by atoms with van der Waals surface area (Å²) < 4.78 is 5.72. The number of hydrogen-bond donors (Lipinski definition) is 1. The molecule has 0 radical (unpaired) electrons. The molecule has 1 aromatic heterocycles. The second-order valence-corrected chi connectivity index (χ2v) is 4.63. The molecule has 1 heterocycles. The van der Waals surface area contributed by atoms with Crippen molar-refractivity contribution in [3.05, 3.63) is 59.0 Å². The third kappa shape index (κ3) is 2.82. The van der Waals surface area contributed by atoms with Crippen LogP contribution in [-0.2, 0) is 12.8 Å². The van der Waals surface area contributed by atoms with Crippen LogP contribution in [0, 0.1) is 0 Å². The Morgan fingerprint density at radius 2 is 2.00 bits per heavy atom. The van der Waals surface area contributed by atoms with Crippen molar-refractivity contribution in [2.45, 2.75) is 39.2 Å². The first-order valence-electron chi connectivity index (χ1n) is 6.67. The molecule has 1 unspecified atom stereocenters. The van der Waals surface area contributed by atoms with Crippen LogP contribution in [0.3, 0.4) is 0 Å². The Morgan fingerprint density at radius 1 is 1.17 bits per heavy atom. The number of furan rings is 1. The Morgan fingerprint density at radius 3 is 2.67 bits per heavy atom. The van der Waals surface area contributed by atoms with Gasteiger partial charge in [0.05, 0.1) is 6.04 Å². The summed E-state index contributed by atoms with van der Waals surface area (Å²) in [5, 5.41) is 0. The van der Waals surface area contributed by atoms with Gasteiger partial charge < -0.3 is 10.2 Å². The minimum atomic E-state index is -0.165. The van der Waals surface area contributed by atoms with Crippen LogP contribution in [0.1, 0.15) is 49.0 Å². The monoisotopic (exact) mass is 243 g/mol. The van der Waals surface area contributed by atoms with E-state index >= 15 is 0 Å². The van der Waals surface area contributed by atoms with E-state index in [1.807, 2.05) is 12.1 Å². The van der Waals surface area contributed by atoms with Crippen molar-refractivity contribution in [2.24, 2.45) is 5.73 Å². The van der Waals surface area contributed by atoms with Gasteiger partial charge in [-0.2, -0.15) is 0 Å². The van der Waals surface area contributed by atoms with Gasteiger partial charge in [0.1, 0.15) is 11.5 Å². The van der Waals surface area contributed by atoms with E-state index in [1.54, 1.807) is 0 Å². The number of aryl methyl sites for hydroxylation is 2. The average molecular weight is 243 g/mol. The Kier molecular flexibility index (Phi) is 4.21. The Labute approximate surface area is 109 Å². The van der Waals surface area contributed by atoms with E-state index in [2.05, 4.69) is 38.1 Å². The second-order valence-electron chi connectivity index (χ2n) is 4.63. The van der Waals surface area contributed by atoms with Gasteiger partial charge in [-0.15, -0.1) is 0 Å². The lowest BCUT2D eigenvalue weighted by atomic mass is 10.0. The first kappa shape index (κ1) is 12.9. The van der Waals surface area contributed by atoms with Gasteiger partial charge >= 0.3 is 0 Å². The molecule has 2 nitrogen and oxygen atoms in total. The van der Waals surface area contributed by atoms with Gasteiger partial charge in [-0.3, -0.25) is 0 Å². The molecule has 0 amide bonds. The maximum Gasteiger partial charge on any atom is 0.125 e. The number of benzene rings is 1. The zero-order valence-electron chi connectivity index (χ0n) is 11.1. The summed E-state index contributed by atoms with van der Waals surface area (Å²) in [5.41, 5.74) is 8.72. The van der Waals surface area contributed by atoms with Crippen LogP contribution in [0.2, 0.25) is 0 Å². The molecule has 0 spiro atoms. The largest absolute Gasteiger partial charge is 0.464 e. The van der Waals surface area contributed by atoms with Crippen LogP contribution < -0.4 is 5.73 Å². The minimum absolute atomic E-state index is 0.165. The van der Waals surface area contributed by atoms with Crippen LogP contribution in [-0.4, -0.2) is 0 Å². The van der Waals surface area contributed by atoms with Gasteiger partial charge in [-0.1, -0.05) is 44.5 Å². The molecule has 96 valence electrons. The molecule has 1 aromatic carbocycles. The van der Waals surface area contributed by atoms with Crippen molar-refractivity contribution in [1.82, 2.24) is 0 Å².